The SMILES string of the molecule is O=C(O)c1cccc(O[PH](=O)c2ccccc2)c1. The molecule has 0 saturated carbocycles. The second kappa shape index (κ2) is 5.52. The molecule has 1 atom stereocenters. The number of carboxylic acids is 1. The van der Waals surface area contributed by atoms with Gasteiger partial charge in [0.05, 0.1) is 5.56 Å². The third-order valence-electron chi connectivity index (χ3n) is 2.30. The molecule has 0 aliphatic heterocycles. The lowest BCUT2D eigenvalue weighted by Gasteiger charge is -2.06. The molecule has 0 radical (unpaired) electrons. The van der Waals surface area contributed by atoms with Crippen molar-refractivity contribution in [3.63, 3.8) is 0 Å². The van der Waals surface area contributed by atoms with Gasteiger partial charge in [-0.3, -0.25) is 4.57 Å². The van der Waals surface area contributed by atoms with Crippen LogP contribution in [-0.2, 0) is 4.57 Å². The summed E-state index contributed by atoms with van der Waals surface area (Å²) in [5, 5.41) is 9.44. The summed E-state index contributed by atoms with van der Waals surface area (Å²) in [5.74, 6) is -0.748. The van der Waals surface area contributed by atoms with Crippen molar-refractivity contribution < 1.29 is 19.0 Å². The minimum Gasteiger partial charge on any atom is -0.478 e. The zero-order valence-corrected chi connectivity index (χ0v) is 10.4. The summed E-state index contributed by atoms with van der Waals surface area (Å²) in [5.41, 5.74) is 0.107. The van der Waals surface area contributed by atoms with Crippen LogP contribution in [0.2, 0.25) is 0 Å². The second-order valence-electron chi connectivity index (χ2n) is 3.59. The van der Waals surface area contributed by atoms with Crippen molar-refractivity contribution in [3.05, 3.63) is 60.2 Å². The molecule has 5 heteroatoms. The van der Waals surface area contributed by atoms with E-state index >= 15 is 0 Å². The molecule has 0 spiro atoms. The van der Waals surface area contributed by atoms with Crippen LogP contribution in [0.4, 0.5) is 0 Å². The number of hydrogen-bond acceptors (Lipinski definition) is 3. The van der Waals surface area contributed by atoms with Crippen molar-refractivity contribution in [3.8, 4) is 5.75 Å². The van der Waals surface area contributed by atoms with Crippen LogP contribution < -0.4 is 9.83 Å². The molecule has 18 heavy (non-hydrogen) atoms. The molecule has 92 valence electrons. The molecular weight excluding hydrogens is 251 g/mol. The van der Waals surface area contributed by atoms with E-state index in [1.807, 2.05) is 6.07 Å². The highest BCUT2D eigenvalue weighted by atomic mass is 31.1. The standard InChI is InChI=1S/C13H11O4P/c14-13(15)10-5-4-6-11(9-10)17-18(16)12-7-2-1-3-8-12/h1-9,18H,(H,14,15). The fourth-order valence-electron chi connectivity index (χ4n) is 1.43. The monoisotopic (exact) mass is 262 g/mol. The van der Waals surface area contributed by atoms with Gasteiger partial charge in [-0.2, -0.15) is 0 Å². The van der Waals surface area contributed by atoms with Gasteiger partial charge in [0.2, 0.25) is 0 Å². The Morgan fingerprint density at radius 2 is 1.78 bits per heavy atom. The van der Waals surface area contributed by atoms with Gasteiger partial charge in [-0.15, -0.1) is 0 Å². The van der Waals surface area contributed by atoms with Crippen LogP contribution in [0.1, 0.15) is 10.4 Å². The molecule has 0 aliphatic rings. The summed E-state index contributed by atoms with van der Waals surface area (Å²) in [6.07, 6.45) is 0. The molecule has 0 aliphatic carbocycles. The Labute approximate surface area is 105 Å². The third kappa shape index (κ3) is 2.99. The molecule has 0 heterocycles. The molecule has 0 amide bonds. The Bertz CT molecular complexity index is 581. The number of rotatable bonds is 4. The zero-order chi connectivity index (χ0) is 13.0. The van der Waals surface area contributed by atoms with Crippen molar-refractivity contribution in [2.24, 2.45) is 0 Å². The normalized spacial score (nSPS) is 11.8. The van der Waals surface area contributed by atoms with Crippen LogP contribution in [-0.4, -0.2) is 11.1 Å². The molecule has 2 aromatic carbocycles. The summed E-state index contributed by atoms with van der Waals surface area (Å²) in [7, 11) is -2.40. The first-order valence-electron chi connectivity index (χ1n) is 5.27. The highest BCUT2D eigenvalue weighted by molar-refractivity contribution is 7.48. The third-order valence-corrected chi connectivity index (χ3v) is 3.53. The van der Waals surface area contributed by atoms with Crippen molar-refractivity contribution >= 4 is 19.3 Å². The fraction of sp³-hybridized carbons (Fsp3) is 0. The van der Waals surface area contributed by atoms with Gasteiger partial charge in [0, 0.05) is 5.30 Å². The van der Waals surface area contributed by atoms with Gasteiger partial charge in [0.15, 0.2) is 0 Å². The fourth-order valence-corrected chi connectivity index (χ4v) is 2.36. The van der Waals surface area contributed by atoms with Crippen LogP contribution in [0.15, 0.2) is 54.6 Å². The van der Waals surface area contributed by atoms with Crippen molar-refractivity contribution in [1.29, 1.82) is 0 Å². The first kappa shape index (κ1) is 12.4. The number of aromatic carboxylic acids is 1. The van der Waals surface area contributed by atoms with Gasteiger partial charge in [-0.05, 0) is 30.3 Å². The smallest absolute Gasteiger partial charge is 0.335 e. The molecule has 1 unspecified atom stereocenters. The predicted molar refractivity (Wildman–Crippen MR) is 69.1 cm³/mol. The summed E-state index contributed by atoms with van der Waals surface area (Å²) in [6, 6.07) is 14.7. The van der Waals surface area contributed by atoms with Gasteiger partial charge in [0.1, 0.15) is 5.75 Å². The van der Waals surface area contributed by atoms with Gasteiger partial charge in [-0.1, -0.05) is 24.3 Å². The van der Waals surface area contributed by atoms with Crippen LogP contribution in [0.3, 0.4) is 0 Å². The summed E-state index contributed by atoms with van der Waals surface area (Å²) >= 11 is 0. The number of hydrogen-bond donors (Lipinski definition) is 1. The highest BCUT2D eigenvalue weighted by Crippen LogP contribution is 2.26. The minimum absolute atomic E-state index is 0.107. The van der Waals surface area contributed by atoms with Crippen molar-refractivity contribution in [1.82, 2.24) is 0 Å². The minimum atomic E-state index is -2.40. The Morgan fingerprint density at radius 3 is 2.44 bits per heavy atom. The van der Waals surface area contributed by atoms with E-state index in [0.29, 0.717) is 11.1 Å². The van der Waals surface area contributed by atoms with E-state index < -0.39 is 14.0 Å². The van der Waals surface area contributed by atoms with E-state index in [9.17, 15) is 9.36 Å². The maximum atomic E-state index is 11.9. The van der Waals surface area contributed by atoms with Crippen LogP contribution in [0, 0.1) is 0 Å². The van der Waals surface area contributed by atoms with E-state index in [4.69, 9.17) is 9.63 Å². The van der Waals surface area contributed by atoms with Gasteiger partial charge in [0.25, 0.3) is 8.03 Å². The van der Waals surface area contributed by atoms with E-state index in [-0.39, 0.29) is 5.56 Å². The lowest BCUT2D eigenvalue weighted by Crippen LogP contribution is -2.00. The molecule has 2 aromatic rings. The Kier molecular flexibility index (Phi) is 3.80. The summed E-state index contributed by atoms with van der Waals surface area (Å²) in [6.45, 7) is 0. The predicted octanol–water partition coefficient (Wildman–Crippen LogP) is 2.56. The van der Waals surface area contributed by atoms with E-state index in [1.54, 1.807) is 36.4 Å². The second-order valence-corrected chi connectivity index (χ2v) is 4.94. The largest absolute Gasteiger partial charge is 0.478 e. The average Bonchev–Trinajstić information content (AvgIpc) is 2.40. The zero-order valence-electron chi connectivity index (χ0n) is 9.37. The summed E-state index contributed by atoms with van der Waals surface area (Å²) in [4.78, 5) is 10.8. The van der Waals surface area contributed by atoms with Crippen molar-refractivity contribution in [2.75, 3.05) is 0 Å². The lowest BCUT2D eigenvalue weighted by molar-refractivity contribution is 0.0696. The highest BCUT2D eigenvalue weighted by Gasteiger charge is 2.07. The lowest BCUT2D eigenvalue weighted by atomic mass is 10.2. The molecule has 0 aromatic heterocycles. The van der Waals surface area contributed by atoms with Gasteiger partial charge in [-0.25, -0.2) is 4.79 Å². The molecule has 1 N–H and O–H groups in total. The van der Waals surface area contributed by atoms with Crippen LogP contribution >= 0.6 is 8.03 Å². The first-order chi connectivity index (χ1) is 8.66. The molecule has 2 rings (SSSR count). The van der Waals surface area contributed by atoms with E-state index in [0.717, 1.165) is 0 Å². The van der Waals surface area contributed by atoms with Gasteiger partial charge < -0.3 is 9.63 Å². The Hall–Kier alpha value is -2.06. The average molecular weight is 262 g/mol. The quantitative estimate of drug-likeness (QED) is 0.860. The molecule has 0 bridgehead atoms. The number of carboxylic acid groups (broad SMARTS) is 1. The first-order valence-corrected chi connectivity index (χ1v) is 6.59. The number of benzene rings is 2. The topological polar surface area (TPSA) is 63.6 Å². The van der Waals surface area contributed by atoms with Gasteiger partial charge >= 0.3 is 5.97 Å². The van der Waals surface area contributed by atoms with Crippen LogP contribution in [0.5, 0.6) is 5.75 Å². The molecule has 0 fully saturated rings. The Balaban J connectivity index is 2.17. The van der Waals surface area contributed by atoms with Crippen molar-refractivity contribution in [2.45, 2.75) is 0 Å². The van der Waals surface area contributed by atoms with E-state index in [1.165, 1.54) is 12.1 Å². The molecule has 4 nitrogen and oxygen atoms in total. The summed E-state index contributed by atoms with van der Waals surface area (Å²) < 4.78 is 17.2. The molecule has 0 saturated heterocycles. The maximum absolute atomic E-state index is 11.9. The van der Waals surface area contributed by atoms with E-state index in [2.05, 4.69) is 0 Å². The number of carbonyl (C=O) groups is 1. The van der Waals surface area contributed by atoms with Crippen LogP contribution in [0.25, 0.3) is 0 Å². The Morgan fingerprint density at radius 1 is 1.06 bits per heavy atom. The maximum Gasteiger partial charge on any atom is 0.335 e. The molecular formula is C13H11O4P.